The standard InChI is InChI=1S/C19H24N2O2.ClH/c1-15-6-2-3-8-17(15)14-23-18-9-4-7-16(12-18)13-19(22)21-11-5-10-20;/h2-4,6-9,12H,5,10-11,13-14,20H2,1H3,(H,21,22);1H. The summed E-state index contributed by atoms with van der Waals surface area (Å²) in [6.45, 7) is 3.81. The van der Waals surface area contributed by atoms with E-state index in [0.29, 0.717) is 26.1 Å². The molecule has 0 unspecified atom stereocenters. The second-order valence-corrected chi connectivity index (χ2v) is 5.53. The van der Waals surface area contributed by atoms with Crippen LogP contribution in [0.3, 0.4) is 0 Å². The molecule has 5 heteroatoms. The predicted molar refractivity (Wildman–Crippen MR) is 99.6 cm³/mol. The van der Waals surface area contributed by atoms with Crippen molar-refractivity contribution < 1.29 is 9.53 Å². The normalized spacial score (nSPS) is 9.92. The molecular weight excluding hydrogens is 324 g/mol. The predicted octanol–water partition coefficient (Wildman–Crippen LogP) is 3.00. The van der Waals surface area contributed by atoms with Crippen molar-refractivity contribution in [2.75, 3.05) is 13.1 Å². The van der Waals surface area contributed by atoms with Crippen LogP contribution in [-0.4, -0.2) is 19.0 Å². The number of rotatable bonds is 8. The van der Waals surface area contributed by atoms with E-state index in [1.54, 1.807) is 0 Å². The molecule has 2 aromatic rings. The van der Waals surface area contributed by atoms with Crippen molar-refractivity contribution in [3.8, 4) is 5.75 Å². The molecular formula is C19H25ClN2O2. The number of ether oxygens (including phenoxy) is 1. The summed E-state index contributed by atoms with van der Waals surface area (Å²) in [5.74, 6) is 0.787. The highest BCUT2D eigenvalue weighted by Crippen LogP contribution is 2.17. The number of aryl methyl sites for hydroxylation is 1. The Labute approximate surface area is 149 Å². The second-order valence-electron chi connectivity index (χ2n) is 5.53. The Morgan fingerprint density at radius 3 is 2.71 bits per heavy atom. The molecule has 0 bridgehead atoms. The third kappa shape index (κ3) is 6.60. The van der Waals surface area contributed by atoms with Crippen LogP contribution in [0.4, 0.5) is 0 Å². The SMILES string of the molecule is Cc1ccccc1COc1cccc(CC(=O)NCCCN)c1.Cl. The average Bonchev–Trinajstić information content (AvgIpc) is 2.55. The minimum atomic E-state index is 0. The monoisotopic (exact) mass is 348 g/mol. The zero-order chi connectivity index (χ0) is 16.5. The third-order valence-electron chi connectivity index (χ3n) is 3.62. The highest BCUT2D eigenvalue weighted by molar-refractivity contribution is 5.85. The van der Waals surface area contributed by atoms with Gasteiger partial charge in [0, 0.05) is 6.54 Å². The minimum Gasteiger partial charge on any atom is -0.489 e. The van der Waals surface area contributed by atoms with Gasteiger partial charge in [-0.15, -0.1) is 12.4 Å². The van der Waals surface area contributed by atoms with Crippen LogP contribution in [-0.2, 0) is 17.8 Å². The van der Waals surface area contributed by atoms with Gasteiger partial charge < -0.3 is 15.8 Å². The van der Waals surface area contributed by atoms with Gasteiger partial charge in [-0.3, -0.25) is 4.79 Å². The number of benzene rings is 2. The largest absolute Gasteiger partial charge is 0.489 e. The summed E-state index contributed by atoms with van der Waals surface area (Å²) in [4.78, 5) is 11.8. The lowest BCUT2D eigenvalue weighted by Crippen LogP contribution is -2.27. The molecule has 0 aliphatic heterocycles. The average molecular weight is 349 g/mol. The van der Waals surface area contributed by atoms with E-state index in [-0.39, 0.29) is 18.3 Å². The molecule has 0 aliphatic carbocycles. The van der Waals surface area contributed by atoms with E-state index in [1.165, 1.54) is 5.56 Å². The quantitative estimate of drug-likeness (QED) is 0.721. The maximum atomic E-state index is 11.8. The van der Waals surface area contributed by atoms with Gasteiger partial charge in [-0.2, -0.15) is 0 Å². The van der Waals surface area contributed by atoms with Crippen LogP contribution < -0.4 is 15.8 Å². The number of hydrogen-bond acceptors (Lipinski definition) is 3. The molecule has 0 aromatic heterocycles. The zero-order valence-corrected chi connectivity index (χ0v) is 14.8. The number of hydrogen-bond donors (Lipinski definition) is 2. The van der Waals surface area contributed by atoms with Gasteiger partial charge in [-0.25, -0.2) is 0 Å². The fourth-order valence-corrected chi connectivity index (χ4v) is 2.26. The maximum absolute atomic E-state index is 11.8. The van der Waals surface area contributed by atoms with Crippen molar-refractivity contribution >= 4 is 18.3 Å². The van der Waals surface area contributed by atoms with Gasteiger partial charge in [0.25, 0.3) is 0 Å². The first-order valence-electron chi connectivity index (χ1n) is 7.92. The summed E-state index contributed by atoms with van der Waals surface area (Å²) < 4.78 is 5.85. The number of nitrogens with two attached hydrogens (primary N) is 1. The zero-order valence-electron chi connectivity index (χ0n) is 14.0. The first-order chi connectivity index (χ1) is 11.2. The summed E-state index contributed by atoms with van der Waals surface area (Å²) in [6, 6.07) is 15.8. The van der Waals surface area contributed by atoms with Crippen LogP contribution >= 0.6 is 12.4 Å². The fourth-order valence-electron chi connectivity index (χ4n) is 2.26. The van der Waals surface area contributed by atoms with E-state index < -0.39 is 0 Å². The molecule has 0 spiro atoms. The number of carbonyl (C=O) groups excluding carboxylic acids is 1. The molecule has 0 heterocycles. The van der Waals surface area contributed by atoms with Crippen molar-refractivity contribution in [2.45, 2.75) is 26.4 Å². The number of halogens is 1. The smallest absolute Gasteiger partial charge is 0.224 e. The van der Waals surface area contributed by atoms with Gasteiger partial charge >= 0.3 is 0 Å². The van der Waals surface area contributed by atoms with Crippen molar-refractivity contribution in [3.05, 3.63) is 65.2 Å². The summed E-state index contributed by atoms with van der Waals surface area (Å²) >= 11 is 0. The minimum absolute atomic E-state index is 0. The number of amides is 1. The molecule has 0 saturated carbocycles. The van der Waals surface area contributed by atoms with Gasteiger partial charge in [0.05, 0.1) is 6.42 Å². The Morgan fingerprint density at radius 1 is 1.17 bits per heavy atom. The highest BCUT2D eigenvalue weighted by atomic mass is 35.5. The van der Waals surface area contributed by atoms with Crippen molar-refractivity contribution in [1.29, 1.82) is 0 Å². The van der Waals surface area contributed by atoms with Crippen LogP contribution in [0.5, 0.6) is 5.75 Å². The van der Waals surface area contributed by atoms with Gasteiger partial charge in [-0.05, 0) is 48.7 Å². The molecule has 130 valence electrons. The maximum Gasteiger partial charge on any atom is 0.224 e. The van der Waals surface area contributed by atoms with E-state index in [9.17, 15) is 4.79 Å². The number of carbonyl (C=O) groups is 1. The van der Waals surface area contributed by atoms with Crippen LogP contribution in [0.2, 0.25) is 0 Å². The van der Waals surface area contributed by atoms with Gasteiger partial charge in [0.15, 0.2) is 0 Å². The molecule has 0 saturated heterocycles. The fraction of sp³-hybridized carbons (Fsp3) is 0.316. The van der Waals surface area contributed by atoms with E-state index in [4.69, 9.17) is 10.5 Å². The first-order valence-corrected chi connectivity index (χ1v) is 7.92. The molecule has 0 aliphatic rings. The lowest BCUT2D eigenvalue weighted by Gasteiger charge is -2.10. The van der Waals surface area contributed by atoms with Crippen LogP contribution in [0.15, 0.2) is 48.5 Å². The van der Waals surface area contributed by atoms with Crippen LogP contribution in [0.25, 0.3) is 0 Å². The van der Waals surface area contributed by atoms with Gasteiger partial charge in [0.1, 0.15) is 12.4 Å². The van der Waals surface area contributed by atoms with Crippen LogP contribution in [0.1, 0.15) is 23.1 Å². The Morgan fingerprint density at radius 2 is 1.96 bits per heavy atom. The van der Waals surface area contributed by atoms with Crippen molar-refractivity contribution in [1.82, 2.24) is 5.32 Å². The third-order valence-corrected chi connectivity index (χ3v) is 3.62. The highest BCUT2D eigenvalue weighted by Gasteiger charge is 2.05. The Balaban J connectivity index is 0.00000288. The molecule has 2 rings (SSSR count). The van der Waals surface area contributed by atoms with E-state index >= 15 is 0 Å². The first kappa shape index (κ1) is 20.0. The molecule has 0 fully saturated rings. The summed E-state index contributed by atoms with van der Waals surface area (Å²) in [7, 11) is 0. The molecule has 24 heavy (non-hydrogen) atoms. The van der Waals surface area contributed by atoms with E-state index in [1.807, 2.05) is 36.4 Å². The van der Waals surface area contributed by atoms with Gasteiger partial charge in [0.2, 0.25) is 5.91 Å². The lowest BCUT2D eigenvalue weighted by atomic mass is 10.1. The Kier molecular flexibility index (Phi) is 8.90. The molecule has 4 nitrogen and oxygen atoms in total. The molecule has 3 N–H and O–H groups in total. The number of nitrogens with one attached hydrogen (secondary N) is 1. The van der Waals surface area contributed by atoms with Crippen molar-refractivity contribution in [3.63, 3.8) is 0 Å². The molecule has 0 radical (unpaired) electrons. The Hall–Kier alpha value is -2.04. The second kappa shape index (κ2) is 10.7. The molecule has 1 amide bonds. The molecule has 0 atom stereocenters. The van der Waals surface area contributed by atoms with Crippen molar-refractivity contribution in [2.24, 2.45) is 5.73 Å². The Bertz CT molecular complexity index is 647. The topological polar surface area (TPSA) is 64.3 Å². The summed E-state index contributed by atoms with van der Waals surface area (Å²) in [5.41, 5.74) is 8.73. The summed E-state index contributed by atoms with van der Waals surface area (Å²) in [6.07, 6.45) is 1.15. The molecule has 2 aromatic carbocycles. The van der Waals surface area contributed by atoms with E-state index in [0.717, 1.165) is 23.3 Å². The van der Waals surface area contributed by atoms with Crippen LogP contribution in [0, 0.1) is 6.92 Å². The summed E-state index contributed by atoms with van der Waals surface area (Å²) in [5, 5.41) is 2.86. The van der Waals surface area contributed by atoms with E-state index in [2.05, 4.69) is 24.4 Å². The lowest BCUT2D eigenvalue weighted by molar-refractivity contribution is -0.120. The van der Waals surface area contributed by atoms with Gasteiger partial charge in [-0.1, -0.05) is 36.4 Å².